The average molecular weight is 601 g/mol. The van der Waals surface area contributed by atoms with Crippen molar-refractivity contribution in [2.75, 3.05) is 39.6 Å². The van der Waals surface area contributed by atoms with E-state index in [1.165, 1.54) is 32.1 Å². The highest BCUT2D eigenvalue weighted by atomic mass is 28.4. The van der Waals surface area contributed by atoms with Crippen LogP contribution in [0.4, 0.5) is 0 Å². The van der Waals surface area contributed by atoms with Crippen LogP contribution in [-0.2, 0) is 36.0 Å². The molecule has 10 heteroatoms. The van der Waals surface area contributed by atoms with Gasteiger partial charge < -0.3 is 36.0 Å². The van der Waals surface area contributed by atoms with Crippen LogP contribution in [0.15, 0.2) is 12.7 Å². The smallest absolute Gasteiger partial charge is 0.376 e. The van der Waals surface area contributed by atoms with Crippen LogP contribution in [0.5, 0.6) is 0 Å². The van der Waals surface area contributed by atoms with Gasteiger partial charge in [0.15, 0.2) is 0 Å². The van der Waals surface area contributed by atoms with Gasteiger partial charge in [-0.1, -0.05) is 6.08 Å². The Morgan fingerprint density at radius 2 is 1.18 bits per heavy atom. The fourth-order valence-corrected chi connectivity index (χ4v) is 11.7. The lowest BCUT2D eigenvalue weighted by Crippen LogP contribution is -2.46. The predicted octanol–water partition coefficient (Wildman–Crippen LogP) is 5.26. The van der Waals surface area contributed by atoms with Gasteiger partial charge in [-0.2, -0.15) is 0 Å². The predicted molar refractivity (Wildman–Crippen MR) is 159 cm³/mol. The largest absolute Gasteiger partial charge is 0.500 e. The van der Waals surface area contributed by atoms with Gasteiger partial charge in [-0.3, -0.25) is 0 Å². The van der Waals surface area contributed by atoms with Crippen molar-refractivity contribution >= 4 is 18.3 Å². The van der Waals surface area contributed by atoms with Gasteiger partial charge in [0, 0.05) is 45.7 Å². The quantitative estimate of drug-likeness (QED) is 0.135. The Morgan fingerprint density at radius 1 is 0.675 bits per heavy atom. The minimum Gasteiger partial charge on any atom is -0.376 e. The van der Waals surface area contributed by atoms with E-state index in [2.05, 4.69) is 12.7 Å². The molecule has 6 rings (SSSR count). The van der Waals surface area contributed by atoms with Gasteiger partial charge in [-0.05, 0) is 109 Å². The average Bonchev–Trinajstić information content (AvgIpc) is 3.78. The zero-order chi connectivity index (χ0) is 28.7. The first-order valence-electron chi connectivity index (χ1n) is 16.2. The van der Waals surface area contributed by atoms with Crippen molar-refractivity contribution in [3.63, 3.8) is 0 Å². The zero-order valence-corrected chi connectivity index (χ0v) is 28.0. The number of epoxide rings is 2. The van der Waals surface area contributed by atoms with Crippen LogP contribution < -0.4 is 0 Å². The van der Waals surface area contributed by atoms with Crippen molar-refractivity contribution in [1.82, 2.24) is 0 Å². The van der Waals surface area contributed by atoms with Crippen LogP contribution in [0.2, 0.25) is 6.04 Å². The monoisotopic (exact) mass is 600 g/mol. The molecule has 4 saturated carbocycles. The molecular weight excluding hydrogens is 544 g/mol. The van der Waals surface area contributed by atoms with E-state index in [4.69, 9.17) is 36.0 Å². The van der Waals surface area contributed by atoms with E-state index in [1.54, 1.807) is 0 Å². The summed E-state index contributed by atoms with van der Waals surface area (Å²) in [4.78, 5) is 0. The van der Waals surface area contributed by atoms with Gasteiger partial charge in [0.05, 0.1) is 24.4 Å². The summed E-state index contributed by atoms with van der Waals surface area (Å²) in [7, 11) is -4.17. The van der Waals surface area contributed by atoms with E-state index in [9.17, 15) is 0 Å². The molecule has 6 fully saturated rings. The lowest BCUT2D eigenvalue weighted by atomic mass is 9.87. The summed E-state index contributed by atoms with van der Waals surface area (Å²) in [5.41, 5.74) is 0. The van der Waals surface area contributed by atoms with Gasteiger partial charge in [0.25, 0.3) is 0 Å². The lowest BCUT2D eigenvalue weighted by molar-refractivity contribution is 0.0686. The molecule has 0 aromatic rings. The molecule has 40 heavy (non-hydrogen) atoms. The maximum Gasteiger partial charge on any atom is 0.500 e. The van der Waals surface area contributed by atoms with E-state index in [-0.39, 0.29) is 0 Å². The van der Waals surface area contributed by atoms with Crippen molar-refractivity contribution < 1.29 is 36.0 Å². The Bertz CT molecular complexity index is 743. The first kappa shape index (κ1) is 32.8. The summed E-state index contributed by atoms with van der Waals surface area (Å²) in [5.74, 6) is 5.00. The third-order valence-corrected chi connectivity index (χ3v) is 14.4. The molecule has 2 heterocycles. The summed E-state index contributed by atoms with van der Waals surface area (Å²) < 4.78 is 44.8. The molecule has 10 atom stereocenters. The number of rotatable bonds is 16. The maximum absolute atomic E-state index is 5.95. The van der Waals surface area contributed by atoms with E-state index in [0.29, 0.717) is 64.1 Å². The van der Waals surface area contributed by atoms with Crippen molar-refractivity contribution in [2.24, 2.45) is 35.5 Å². The first-order valence-corrected chi connectivity index (χ1v) is 19.5. The van der Waals surface area contributed by atoms with Gasteiger partial charge in [-0.15, -0.1) is 6.58 Å². The molecule has 8 nitrogen and oxygen atoms in total. The number of allylic oxidation sites excluding steroid dienone is 1. The lowest BCUT2D eigenvalue weighted by Gasteiger charge is -2.30. The molecule has 6 aliphatic rings. The molecule has 0 radical (unpaired) electrons. The second kappa shape index (κ2) is 15.5. The summed E-state index contributed by atoms with van der Waals surface area (Å²) >= 11 is 0. The van der Waals surface area contributed by atoms with Gasteiger partial charge in [0.1, 0.15) is 0 Å². The molecule has 0 aromatic heterocycles. The van der Waals surface area contributed by atoms with Crippen LogP contribution >= 0.6 is 0 Å². The highest BCUT2D eigenvalue weighted by molar-refractivity contribution is 6.60. The summed E-state index contributed by atoms with van der Waals surface area (Å²) in [6.07, 6.45) is 11.4. The molecule has 0 amide bonds. The molecule has 4 aliphatic carbocycles. The summed E-state index contributed by atoms with van der Waals surface area (Å²) in [6, 6.07) is 0.966. The Labute approximate surface area is 246 Å². The molecule has 232 valence electrons. The maximum atomic E-state index is 5.95. The van der Waals surface area contributed by atoms with Gasteiger partial charge in [0.2, 0.25) is 0 Å². The topological polar surface area (TPSA) is 80.4 Å². The molecule has 0 spiro atoms. The van der Waals surface area contributed by atoms with Crippen molar-refractivity contribution in [2.45, 2.75) is 104 Å². The Hall–Kier alpha value is -0.146. The molecule has 10 unspecified atom stereocenters. The van der Waals surface area contributed by atoms with Crippen LogP contribution in [0.3, 0.4) is 0 Å². The highest BCUT2D eigenvalue weighted by Gasteiger charge is 2.63. The van der Waals surface area contributed by atoms with Crippen molar-refractivity contribution in [3.8, 4) is 0 Å². The third-order valence-electron chi connectivity index (χ3n) is 9.51. The fraction of sp³-hybridized carbons (Fsp3) is 0.933. The molecular formula is C30H56O8Si2. The third kappa shape index (κ3) is 7.86. The number of hydrogen-bond donors (Lipinski definition) is 0. The molecule has 4 bridgehead atoms. The fourth-order valence-electron chi connectivity index (χ4n) is 7.90. The first-order chi connectivity index (χ1) is 19.5. The minimum atomic E-state index is -2.44. The van der Waals surface area contributed by atoms with Crippen molar-refractivity contribution in [1.29, 1.82) is 0 Å². The molecule has 2 saturated heterocycles. The summed E-state index contributed by atoms with van der Waals surface area (Å²) in [5, 5.41) is 0. The SMILES string of the molecule is C=CC1CC2CC1C1OC21.CCO[SiH](OCC)OCC.CCO[Si](CCC1CC2CC1C1OC21)(OCC)OCC. The standard InChI is InChI=1S/C15H28O4Si.C9H12O.C6H16O3Si/c1-4-16-20(17-5-2,18-6-3)8-7-11-9-12-10-13(11)15-14(12)19-15;1-2-5-3-6-4-7(5)9-8(6)10-9;1-4-7-10(8-5-2)9-6-3/h11-15H,4-10H2,1-3H3;2,5-9H,1,3-4H2;10H,4-6H2,1-3H3. The Balaban J connectivity index is 0.000000155. The highest BCUT2D eigenvalue weighted by Crippen LogP contribution is 2.60. The van der Waals surface area contributed by atoms with Crippen LogP contribution in [0.25, 0.3) is 0 Å². The van der Waals surface area contributed by atoms with Crippen LogP contribution in [0.1, 0.15) is 73.6 Å². The Kier molecular flexibility index (Phi) is 12.7. The van der Waals surface area contributed by atoms with E-state index in [0.717, 1.165) is 41.6 Å². The summed E-state index contributed by atoms with van der Waals surface area (Å²) in [6.45, 7) is 19.8. The zero-order valence-electron chi connectivity index (χ0n) is 25.9. The molecule has 0 aromatic carbocycles. The van der Waals surface area contributed by atoms with Gasteiger partial charge in [-0.25, -0.2) is 0 Å². The van der Waals surface area contributed by atoms with Crippen molar-refractivity contribution in [3.05, 3.63) is 12.7 Å². The van der Waals surface area contributed by atoms with Gasteiger partial charge >= 0.3 is 18.3 Å². The second-order valence-corrected chi connectivity index (χ2v) is 16.1. The van der Waals surface area contributed by atoms with E-state index in [1.807, 2.05) is 41.5 Å². The second-order valence-electron chi connectivity index (χ2n) is 11.8. The number of hydrogen-bond acceptors (Lipinski definition) is 8. The van der Waals surface area contributed by atoms with E-state index >= 15 is 0 Å². The number of ether oxygens (including phenoxy) is 2. The van der Waals surface area contributed by atoms with Crippen LogP contribution in [-0.4, -0.2) is 82.4 Å². The van der Waals surface area contributed by atoms with Crippen LogP contribution in [0, 0.1) is 35.5 Å². The normalized spacial score (nSPS) is 37.4. The number of fused-ring (bicyclic) bond motifs is 10. The van der Waals surface area contributed by atoms with E-state index < -0.39 is 18.3 Å². The molecule has 2 aliphatic heterocycles. The minimum absolute atomic E-state index is 0.598. The molecule has 0 N–H and O–H groups in total. The Morgan fingerprint density at radius 3 is 1.57 bits per heavy atom.